The average molecular weight is 406 g/mol. The fourth-order valence-corrected chi connectivity index (χ4v) is 4.69. The number of ether oxygens (including phenoxy) is 1. The minimum Gasteiger partial charge on any atom is -0.494 e. The van der Waals surface area contributed by atoms with Crippen molar-refractivity contribution in [3.8, 4) is 5.75 Å². The zero-order valence-electron chi connectivity index (χ0n) is 15.8. The third-order valence-corrected chi connectivity index (χ3v) is 6.76. The van der Waals surface area contributed by atoms with Crippen molar-refractivity contribution < 1.29 is 22.3 Å². The van der Waals surface area contributed by atoms with Crippen molar-refractivity contribution in [1.82, 2.24) is 9.62 Å². The summed E-state index contributed by atoms with van der Waals surface area (Å²) in [6.45, 7) is 2.80. The molecule has 3 rings (SSSR count). The van der Waals surface area contributed by atoms with Crippen LogP contribution in [0.4, 0.5) is 4.39 Å². The van der Waals surface area contributed by atoms with Gasteiger partial charge in [0.05, 0.1) is 18.0 Å². The molecule has 1 saturated heterocycles. The zero-order valence-corrected chi connectivity index (χ0v) is 16.6. The molecule has 8 heteroatoms. The number of methoxy groups -OCH3 is 1. The molecule has 0 aromatic heterocycles. The van der Waals surface area contributed by atoms with E-state index in [1.54, 1.807) is 13.0 Å². The second-order valence-electron chi connectivity index (χ2n) is 6.72. The molecule has 1 fully saturated rings. The molecule has 0 radical (unpaired) electrons. The Morgan fingerprint density at radius 3 is 2.36 bits per heavy atom. The van der Waals surface area contributed by atoms with Crippen molar-refractivity contribution in [3.63, 3.8) is 0 Å². The van der Waals surface area contributed by atoms with E-state index in [4.69, 9.17) is 4.74 Å². The number of carbonyl (C=O) groups excluding carboxylic acids is 1. The molecule has 0 saturated carbocycles. The molecule has 1 aliphatic heterocycles. The first-order valence-electron chi connectivity index (χ1n) is 9.07. The maximum absolute atomic E-state index is 13.9. The van der Waals surface area contributed by atoms with Crippen molar-refractivity contribution in [2.45, 2.75) is 30.7 Å². The molecule has 0 aliphatic carbocycles. The maximum Gasteiger partial charge on any atom is 0.251 e. The number of amides is 1. The van der Waals surface area contributed by atoms with Crippen LogP contribution in [-0.2, 0) is 10.0 Å². The lowest BCUT2D eigenvalue weighted by Gasteiger charge is -2.17. The van der Waals surface area contributed by atoms with Gasteiger partial charge in [-0.1, -0.05) is 6.07 Å². The van der Waals surface area contributed by atoms with Crippen molar-refractivity contribution in [2.75, 3.05) is 20.2 Å². The van der Waals surface area contributed by atoms with Gasteiger partial charge in [-0.2, -0.15) is 4.31 Å². The summed E-state index contributed by atoms with van der Waals surface area (Å²) in [5, 5.41) is 2.78. The van der Waals surface area contributed by atoms with E-state index in [1.165, 1.54) is 47.8 Å². The molecule has 2 aromatic carbocycles. The molecular weight excluding hydrogens is 383 g/mol. The van der Waals surface area contributed by atoms with Crippen LogP contribution in [0.1, 0.15) is 41.7 Å². The molecule has 1 aliphatic rings. The Morgan fingerprint density at radius 1 is 1.14 bits per heavy atom. The third-order valence-electron chi connectivity index (χ3n) is 4.84. The number of sulfonamides is 1. The first-order chi connectivity index (χ1) is 13.3. The van der Waals surface area contributed by atoms with Gasteiger partial charge in [-0.05, 0) is 61.7 Å². The number of hydrogen-bond donors (Lipinski definition) is 1. The van der Waals surface area contributed by atoms with Crippen LogP contribution >= 0.6 is 0 Å². The summed E-state index contributed by atoms with van der Waals surface area (Å²) >= 11 is 0. The van der Waals surface area contributed by atoms with Gasteiger partial charge in [-0.3, -0.25) is 4.79 Å². The topological polar surface area (TPSA) is 75.7 Å². The summed E-state index contributed by atoms with van der Waals surface area (Å²) in [5.74, 6) is -0.733. The number of nitrogens with one attached hydrogen (secondary N) is 1. The Hall–Kier alpha value is -2.45. The van der Waals surface area contributed by atoms with E-state index in [-0.39, 0.29) is 16.6 Å². The van der Waals surface area contributed by atoms with Crippen LogP contribution in [0.5, 0.6) is 5.75 Å². The van der Waals surface area contributed by atoms with Gasteiger partial charge in [0.2, 0.25) is 10.0 Å². The SMILES string of the molecule is COc1ccc([C@@H](C)NC(=O)c2ccc(S(=O)(=O)N3CCCC3)cc2)cc1F. The monoisotopic (exact) mass is 406 g/mol. The maximum atomic E-state index is 13.9. The third kappa shape index (κ3) is 4.18. The second-order valence-corrected chi connectivity index (χ2v) is 8.66. The van der Waals surface area contributed by atoms with Crippen LogP contribution in [0.15, 0.2) is 47.4 Å². The van der Waals surface area contributed by atoms with E-state index in [9.17, 15) is 17.6 Å². The number of nitrogens with zero attached hydrogens (tertiary/aromatic N) is 1. The van der Waals surface area contributed by atoms with Gasteiger partial charge < -0.3 is 10.1 Å². The Labute approximate surface area is 164 Å². The number of halogens is 1. The largest absolute Gasteiger partial charge is 0.494 e. The van der Waals surface area contributed by atoms with Gasteiger partial charge >= 0.3 is 0 Å². The van der Waals surface area contributed by atoms with Gasteiger partial charge in [0.1, 0.15) is 0 Å². The van der Waals surface area contributed by atoms with Crippen molar-refractivity contribution in [2.24, 2.45) is 0 Å². The van der Waals surface area contributed by atoms with Crippen molar-refractivity contribution >= 4 is 15.9 Å². The van der Waals surface area contributed by atoms with Gasteiger partial charge in [0, 0.05) is 18.7 Å². The first-order valence-corrected chi connectivity index (χ1v) is 10.5. The molecule has 1 N–H and O–H groups in total. The van der Waals surface area contributed by atoms with Crippen LogP contribution in [0.3, 0.4) is 0 Å². The Balaban J connectivity index is 1.70. The normalized spacial score (nSPS) is 16.0. The van der Waals surface area contributed by atoms with E-state index >= 15 is 0 Å². The molecular formula is C20H23FN2O4S. The van der Waals surface area contributed by atoms with Crippen molar-refractivity contribution in [1.29, 1.82) is 0 Å². The molecule has 1 heterocycles. The minimum atomic E-state index is -3.51. The van der Waals surface area contributed by atoms with E-state index in [0.29, 0.717) is 24.2 Å². The summed E-state index contributed by atoms with van der Waals surface area (Å²) < 4.78 is 45.3. The van der Waals surface area contributed by atoms with Crippen molar-refractivity contribution in [3.05, 3.63) is 59.4 Å². The Bertz CT molecular complexity index is 955. The molecule has 150 valence electrons. The zero-order chi connectivity index (χ0) is 20.3. The number of benzene rings is 2. The Kier molecular flexibility index (Phi) is 6.00. The van der Waals surface area contributed by atoms with Gasteiger partial charge in [0.25, 0.3) is 5.91 Å². The summed E-state index contributed by atoms with van der Waals surface area (Å²) in [6, 6.07) is 9.93. The van der Waals surface area contributed by atoms with E-state index < -0.39 is 21.9 Å². The lowest BCUT2D eigenvalue weighted by molar-refractivity contribution is 0.0939. The lowest BCUT2D eigenvalue weighted by Crippen LogP contribution is -2.28. The van der Waals surface area contributed by atoms with E-state index in [2.05, 4.69) is 5.32 Å². The Morgan fingerprint density at radius 2 is 1.79 bits per heavy atom. The quantitative estimate of drug-likeness (QED) is 0.800. The van der Waals surface area contributed by atoms with Crippen LogP contribution in [0.2, 0.25) is 0 Å². The molecule has 1 atom stereocenters. The standard InChI is InChI=1S/C20H23FN2O4S/c1-14(16-7-10-19(27-2)18(21)13-16)22-20(24)15-5-8-17(9-6-15)28(25,26)23-11-3-4-12-23/h5-10,13-14H,3-4,11-12H2,1-2H3,(H,22,24)/t14-/m1/s1. The number of carbonyl (C=O) groups is 1. The average Bonchev–Trinajstić information content (AvgIpc) is 3.23. The molecule has 2 aromatic rings. The molecule has 0 unspecified atom stereocenters. The fraction of sp³-hybridized carbons (Fsp3) is 0.350. The fourth-order valence-electron chi connectivity index (χ4n) is 3.17. The van der Waals surface area contributed by atoms with E-state index in [0.717, 1.165) is 12.8 Å². The van der Waals surface area contributed by atoms with Crippen LogP contribution in [0, 0.1) is 5.82 Å². The molecule has 28 heavy (non-hydrogen) atoms. The highest BCUT2D eigenvalue weighted by Gasteiger charge is 2.27. The lowest BCUT2D eigenvalue weighted by atomic mass is 10.1. The summed E-state index contributed by atoms with van der Waals surface area (Å²) in [5.41, 5.74) is 0.932. The molecule has 6 nitrogen and oxygen atoms in total. The van der Waals surface area contributed by atoms with Gasteiger partial charge in [-0.25, -0.2) is 12.8 Å². The van der Waals surface area contributed by atoms with Gasteiger partial charge in [0.15, 0.2) is 11.6 Å². The first kappa shape index (κ1) is 20.3. The molecule has 1 amide bonds. The highest BCUT2D eigenvalue weighted by Crippen LogP contribution is 2.23. The van der Waals surface area contributed by atoms with Gasteiger partial charge in [-0.15, -0.1) is 0 Å². The highest BCUT2D eigenvalue weighted by molar-refractivity contribution is 7.89. The highest BCUT2D eigenvalue weighted by atomic mass is 32.2. The summed E-state index contributed by atoms with van der Waals surface area (Å²) in [4.78, 5) is 12.6. The van der Waals surface area contributed by atoms with Crippen LogP contribution in [-0.4, -0.2) is 38.8 Å². The van der Waals surface area contributed by atoms with Crippen LogP contribution < -0.4 is 10.1 Å². The second kappa shape index (κ2) is 8.28. The predicted molar refractivity (Wildman–Crippen MR) is 103 cm³/mol. The summed E-state index contributed by atoms with van der Waals surface area (Å²) in [6.07, 6.45) is 1.73. The summed E-state index contributed by atoms with van der Waals surface area (Å²) in [7, 11) is -2.12. The number of rotatable bonds is 6. The molecule has 0 spiro atoms. The number of hydrogen-bond acceptors (Lipinski definition) is 4. The molecule has 0 bridgehead atoms. The van der Waals surface area contributed by atoms with E-state index in [1.807, 2.05) is 0 Å². The van der Waals surface area contributed by atoms with Crippen LogP contribution in [0.25, 0.3) is 0 Å². The smallest absolute Gasteiger partial charge is 0.251 e. The predicted octanol–water partition coefficient (Wildman–Crippen LogP) is 3.11. The minimum absolute atomic E-state index is 0.136.